The zero-order valence-corrected chi connectivity index (χ0v) is 19.9. The van der Waals surface area contributed by atoms with E-state index in [9.17, 15) is 19.1 Å². The molecule has 0 saturated heterocycles. The third-order valence-corrected chi connectivity index (χ3v) is 7.52. The van der Waals surface area contributed by atoms with Gasteiger partial charge in [-0.25, -0.2) is 9.37 Å². The number of rotatable bonds is 4. The third-order valence-electron chi connectivity index (χ3n) is 7.52. The Labute approximate surface area is 207 Å². The lowest BCUT2D eigenvalue weighted by Crippen LogP contribution is -2.32. The van der Waals surface area contributed by atoms with Crippen molar-refractivity contribution in [3.8, 4) is 11.4 Å². The molecule has 6 nitrogen and oxygen atoms in total. The monoisotopic (exact) mass is 484 g/mol. The van der Waals surface area contributed by atoms with Crippen LogP contribution in [0, 0.1) is 5.82 Å². The standard InChI is InChI=1S/C29H25FN2O4/c1-2-29(35)14-26(33)36-16-22-23(29)13-25-27-21(15-32(25)28(22)34)19(20-8-3-4-9-24(20)31-27)11-10-17-6-5-7-18(30)12-17/h3-9,12-13,35H,2,10-11,14-16H2,1H3. The van der Waals surface area contributed by atoms with Crippen molar-refractivity contribution in [2.75, 3.05) is 0 Å². The lowest BCUT2D eigenvalue weighted by molar-refractivity contribution is -0.149. The van der Waals surface area contributed by atoms with Crippen LogP contribution >= 0.6 is 0 Å². The fraction of sp³-hybridized carbons (Fsp3) is 0.276. The average Bonchev–Trinajstić information content (AvgIpc) is 3.18. The number of aromatic nitrogens is 2. The normalized spacial score (nSPS) is 18.4. The maximum Gasteiger partial charge on any atom is 0.309 e. The molecule has 2 aromatic carbocycles. The van der Waals surface area contributed by atoms with Gasteiger partial charge in [-0.3, -0.25) is 9.59 Å². The van der Waals surface area contributed by atoms with Gasteiger partial charge in [-0.2, -0.15) is 0 Å². The summed E-state index contributed by atoms with van der Waals surface area (Å²) in [6.07, 6.45) is 1.38. The van der Waals surface area contributed by atoms with Gasteiger partial charge >= 0.3 is 5.97 Å². The summed E-state index contributed by atoms with van der Waals surface area (Å²) in [6, 6.07) is 16.3. The number of hydrogen-bond donors (Lipinski definition) is 1. The van der Waals surface area contributed by atoms with Crippen molar-refractivity contribution in [3.05, 3.63) is 98.6 Å². The van der Waals surface area contributed by atoms with Crippen LogP contribution < -0.4 is 5.56 Å². The second kappa shape index (κ2) is 8.38. The van der Waals surface area contributed by atoms with Gasteiger partial charge in [0, 0.05) is 10.9 Å². The van der Waals surface area contributed by atoms with E-state index in [1.165, 1.54) is 6.07 Å². The highest BCUT2D eigenvalue weighted by atomic mass is 19.1. The average molecular weight is 485 g/mol. The van der Waals surface area contributed by atoms with Gasteiger partial charge in [-0.1, -0.05) is 37.3 Å². The van der Waals surface area contributed by atoms with Gasteiger partial charge in [0.1, 0.15) is 18.0 Å². The predicted molar refractivity (Wildman–Crippen MR) is 133 cm³/mol. The first kappa shape index (κ1) is 22.6. The van der Waals surface area contributed by atoms with Crippen LogP contribution in [0.15, 0.2) is 59.4 Å². The highest BCUT2D eigenvalue weighted by Gasteiger charge is 2.39. The number of nitrogens with zero attached hydrogens (tertiary/aromatic N) is 2. The topological polar surface area (TPSA) is 81.4 Å². The maximum absolute atomic E-state index is 13.8. The summed E-state index contributed by atoms with van der Waals surface area (Å²) in [4.78, 5) is 30.7. The van der Waals surface area contributed by atoms with Gasteiger partial charge in [0.15, 0.2) is 0 Å². The quantitative estimate of drug-likeness (QED) is 0.383. The van der Waals surface area contributed by atoms with Crippen LogP contribution in [0.4, 0.5) is 4.39 Å². The Morgan fingerprint density at radius 3 is 2.72 bits per heavy atom. The zero-order chi connectivity index (χ0) is 25.0. The number of pyridine rings is 2. The summed E-state index contributed by atoms with van der Waals surface area (Å²) in [7, 11) is 0. The minimum atomic E-state index is -1.47. The van der Waals surface area contributed by atoms with Gasteiger partial charge in [0.25, 0.3) is 5.56 Å². The summed E-state index contributed by atoms with van der Waals surface area (Å²) in [5, 5.41) is 12.4. The van der Waals surface area contributed by atoms with Crippen LogP contribution in [0.2, 0.25) is 0 Å². The molecule has 36 heavy (non-hydrogen) atoms. The summed E-state index contributed by atoms with van der Waals surface area (Å²) in [5.41, 5.74) is 4.09. The second-order valence-electron chi connectivity index (χ2n) is 9.60. The molecule has 1 N–H and O–H groups in total. The molecule has 4 heterocycles. The van der Waals surface area contributed by atoms with E-state index in [-0.39, 0.29) is 30.8 Å². The summed E-state index contributed by atoms with van der Waals surface area (Å²) < 4.78 is 20.7. The molecule has 1 atom stereocenters. The molecular weight excluding hydrogens is 459 g/mol. The van der Waals surface area contributed by atoms with E-state index in [0.29, 0.717) is 41.9 Å². The first-order valence-electron chi connectivity index (χ1n) is 12.2. The predicted octanol–water partition coefficient (Wildman–Crippen LogP) is 4.39. The largest absolute Gasteiger partial charge is 0.460 e. The van der Waals surface area contributed by atoms with E-state index in [1.54, 1.807) is 23.6 Å². The first-order chi connectivity index (χ1) is 17.4. The van der Waals surface area contributed by atoms with Crippen molar-refractivity contribution in [2.24, 2.45) is 0 Å². The Hall–Kier alpha value is -3.84. The molecule has 0 fully saturated rings. The molecule has 4 aromatic rings. The van der Waals surface area contributed by atoms with Crippen LogP contribution in [-0.4, -0.2) is 20.6 Å². The lowest BCUT2D eigenvalue weighted by atomic mass is 9.85. The van der Waals surface area contributed by atoms with Crippen LogP contribution in [0.1, 0.15) is 47.6 Å². The fourth-order valence-electron chi connectivity index (χ4n) is 5.56. The Bertz CT molecular complexity index is 1610. The fourth-order valence-corrected chi connectivity index (χ4v) is 5.56. The van der Waals surface area contributed by atoms with Crippen molar-refractivity contribution < 1.29 is 19.0 Å². The molecule has 2 aliphatic heterocycles. The van der Waals surface area contributed by atoms with E-state index in [2.05, 4.69) is 0 Å². The van der Waals surface area contributed by atoms with E-state index < -0.39 is 11.6 Å². The van der Waals surface area contributed by atoms with Gasteiger partial charge in [0.05, 0.1) is 35.4 Å². The number of carbonyl (C=O) groups is 1. The molecule has 182 valence electrons. The van der Waals surface area contributed by atoms with Crippen molar-refractivity contribution >= 4 is 16.9 Å². The molecule has 0 aliphatic carbocycles. The van der Waals surface area contributed by atoms with Gasteiger partial charge in [0.2, 0.25) is 0 Å². The van der Waals surface area contributed by atoms with E-state index in [4.69, 9.17) is 9.72 Å². The zero-order valence-electron chi connectivity index (χ0n) is 19.9. The number of fused-ring (bicyclic) bond motifs is 5. The Morgan fingerprint density at radius 1 is 1.08 bits per heavy atom. The summed E-state index contributed by atoms with van der Waals surface area (Å²) in [6.45, 7) is 1.97. The summed E-state index contributed by atoms with van der Waals surface area (Å²) in [5.74, 6) is -0.786. The molecule has 0 amide bonds. The van der Waals surface area contributed by atoms with Gasteiger partial charge in [-0.05, 0) is 60.2 Å². The number of esters is 1. The van der Waals surface area contributed by atoms with Crippen molar-refractivity contribution in [1.82, 2.24) is 9.55 Å². The second-order valence-corrected chi connectivity index (χ2v) is 9.60. The van der Waals surface area contributed by atoms with Crippen LogP contribution in [0.5, 0.6) is 0 Å². The summed E-state index contributed by atoms with van der Waals surface area (Å²) >= 11 is 0. The van der Waals surface area contributed by atoms with Crippen molar-refractivity contribution in [3.63, 3.8) is 0 Å². The van der Waals surface area contributed by atoms with E-state index in [0.717, 1.165) is 27.6 Å². The van der Waals surface area contributed by atoms with Crippen LogP contribution in [0.3, 0.4) is 0 Å². The molecule has 0 saturated carbocycles. The number of halogens is 1. The van der Waals surface area contributed by atoms with E-state index in [1.807, 2.05) is 36.4 Å². The Balaban J connectivity index is 1.53. The van der Waals surface area contributed by atoms with Crippen LogP contribution in [-0.2, 0) is 41.1 Å². The molecule has 0 spiro atoms. The number of cyclic esters (lactones) is 1. The number of aryl methyl sites for hydroxylation is 2. The number of ether oxygens (including phenoxy) is 1. The van der Waals surface area contributed by atoms with Gasteiger partial charge in [-0.15, -0.1) is 0 Å². The molecule has 0 radical (unpaired) electrons. The highest BCUT2D eigenvalue weighted by molar-refractivity contribution is 5.88. The molecular formula is C29H25FN2O4. The Morgan fingerprint density at radius 2 is 1.92 bits per heavy atom. The van der Waals surface area contributed by atoms with Gasteiger partial charge < -0.3 is 14.4 Å². The molecule has 6 rings (SSSR count). The Kier molecular flexibility index (Phi) is 5.26. The maximum atomic E-state index is 13.8. The molecule has 2 aromatic heterocycles. The number of carbonyl (C=O) groups excluding carboxylic acids is 1. The number of para-hydroxylation sites is 1. The molecule has 2 aliphatic rings. The van der Waals surface area contributed by atoms with Crippen LogP contribution in [0.25, 0.3) is 22.3 Å². The minimum Gasteiger partial charge on any atom is -0.460 e. The minimum absolute atomic E-state index is 0.159. The number of hydrogen-bond acceptors (Lipinski definition) is 5. The molecule has 1 unspecified atom stereocenters. The highest BCUT2D eigenvalue weighted by Crippen LogP contribution is 2.40. The number of benzene rings is 2. The smallest absolute Gasteiger partial charge is 0.309 e. The third kappa shape index (κ3) is 3.54. The molecule has 7 heteroatoms. The van der Waals surface area contributed by atoms with E-state index >= 15 is 0 Å². The number of aliphatic hydroxyl groups is 1. The van der Waals surface area contributed by atoms with Crippen molar-refractivity contribution in [2.45, 2.75) is 51.4 Å². The lowest BCUT2D eigenvalue weighted by Gasteiger charge is -2.26. The molecule has 0 bridgehead atoms. The first-order valence-corrected chi connectivity index (χ1v) is 12.2. The SMILES string of the molecule is CCC1(O)CC(=O)OCc2c1cc1n(c2=O)Cc2c-1nc1ccccc1c2CCc1cccc(F)c1. The van der Waals surface area contributed by atoms with Crippen molar-refractivity contribution in [1.29, 1.82) is 0 Å².